The molecule has 0 aromatic rings. The first-order valence-corrected chi connectivity index (χ1v) is 7.66. The standard InChI is InChI=1S/C14H27F2N3O2/c1-2-12(3-5-17)18-6-8-19(9-7-18)14(20)4-10-21-11-13(15)16/h12-13H,2-11,17H2,1H3. The van der Waals surface area contributed by atoms with Crippen molar-refractivity contribution in [1.82, 2.24) is 9.80 Å². The van der Waals surface area contributed by atoms with Crippen molar-refractivity contribution < 1.29 is 18.3 Å². The number of carbonyl (C=O) groups is 1. The molecule has 1 heterocycles. The molecule has 0 aromatic heterocycles. The average Bonchev–Trinajstić information content (AvgIpc) is 2.49. The van der Waals surface area contributed by atoms with Crippen LogP contribution in [0.4, 0.5) is 8.78 Å². The molecule has 1 saturated heterocycles. The Morgan fingerprint density at radius 3 is 2.48 bits per heavy atom. The largest absolute Gasteiger partial charge is 0.375 e. The van der Waals surface area contributed by atoms with E-state index in [1.165, 1.54) is 0 Å². The van der Waals surface area contributed by atoms with Crippen LogP contribution in [-0.2, 0) is 9.53 Å². The quantitative estimate of drug-likeness (QED) is 0.644. The van der Waals surface area contributed by atoms with Gasteiger partial charge in [0.25, 0.3) is 6.43 Å². The van der Waals surface area contributed by atoms with Crippen LogP contribution in [0.15, 0.2) is 0 Å². The number of hydrogen-bond donors (Lipinski definition) is 1. The summed E-state index contributed by atoms with van der Waals surface area (Å²) in [4.78, 5) is 16.1. The monoisotopic (exact) mass is 307 g/mol. The molecule has 1 amide bonds. The third-order valence-electron chi connectivity index (χ3n) is 3.86. The number of alkyl halides is 2. The normalized spacial score (nSPS) is 18.2. The molecule has 0 bridgehead atoms. The Morgan fingerprint density at radius 1 is 1.29 bits per heavy atom. The van der Waals surface area contributed by atoms with E-state index in [-0.39, 0.29) is 18.9 Å². The predicted octanol–water partition coefficient (Wildman–Crippen LogP) is 0.930. The summed E-state index contributed by atoms with van der Waals surface area (Å²) in [6.07, 6.45) is -0.261. The lowest BCUT2D eigenvalue weighted by molar-refractivity contribution is -0.134. The number of amides is 1. The lowest BCUT2D eigenvalue weighted by Gasteiger charge is -2.39. The topological polar surface area (TPSA) is 58.8 Å². The van der Waals surface area contributed by atoms with E-state index in [1.807, 2.05) is 0 Å². The molecule has 1 rings (SSSR count). The summed E-state index contributed by atoms with van der Waals surface area (Å²) in [6.45, 7) is 5.37. The predicted molar refractivity (Wildman–Crippen MR) is 77.3 cm³/mol. The fourth-order valence-corrected chi connectivity index (χ4v) is 2.66. The summed E-state index contributed by atoms with van der Waals surface area (Å²) in [5, 5.41) is 0. The Morgan fingerprint density at radius 2 is 1.95 bits per heavy atom. The SMILES string of the molecule is CCC(CCN)N1CCN(C(=O)CCOCC(F)F)CC1. The summed E-state index contributed by atoms with van der Waals surface area (Å²) < 4.78 is 28.5. The van der Waals surface area contributed by atoms with Gasteiger partial charge in [0, 0.05) is 32.2 Å². The van der Waals surface area contributed by atoms with E-state index in [0.29, 0.717) is 25.7 Å². The Kier molecular flexibility index (Phi) is 8.72. The maximum Gasteiger partial charge on any atom is 0.261 e. The van der Waals surface area contributed by atoms with E-state index in [9.17, 15) is 13.6 Å². The van der Waals surface area contributed by atoms with Gasteiger partial charge in [0.15, 0.2) is 0 Å². The molecular weight excluding hydrogens is 280 g/mol. The fourth-order valence-electron chi connectivity index (χ4n) is 2.66. The smallest absolute Gasteiger partial charge is 0.261 e. The van der Waals surface area contributed by atoms with Gasteiger partial charge < -0.3 is 15.4 Å². The highest BCUT2D eigenvalue weighted by Gasteiger charge is 2.24. The zero-order valence-corrected chi connectivity index (χ0v) is 12.8. The molecule has 0 aromatic carbocycles. The van der Waals surface area contributed by atoms with Crippen molar-refractivity contribution in [3.05, 3.63) is 0 Å². The van der Waals surface area contributed by atoms with Crippen LogP contribution in [0.3, 0.4) is 0 Å². The summed E-state index contributed by atoms with van der Waals surface area (Å²) in [7, 11) is 0. The highest BCUT2D eigenvalue weighted by atomic mass is 19.3. The van der Waals surface area contributed by atoms with Crippen molar-refractivity contribution in [3.63, 3.8) is 0 Å². The van der Waals surface area contributed by atoms with Crippen molar-refractivity contribution >= 4 is 5.91 Å². The van der Waals surface area contributed by atoms with Crippen LogP contribution in [-0.4, -0.2) is 74.1 Å². The molecule has 1 atom stereocenters. The number of nitrogens with zero attached hydrogens (tertiary/aromatic N) is 2. The molecule has 0 spiro atoms. The van der Waals surface area contributed by atoms with Gasteiger partial charge in [0.1, 0.15) is 6.61 Å². The van der Waals surface area contributed by atoms with Gasteiger partial charge in [-0.15, -0.1) is 0 Å². The molecule has 124 valence electrons. The molecule has 0 aliphatic carbocycles. The van der Waals surface area contributed by atoms with E-state index >= 15 is 0 Å². The minimum Gasteiger partial charge on any atom is -0.375 e. The zero-order valence-electron chi connectivity index (χ0n) is 12.8. The van der Waals surface area contributed by atoms with Crippen LogP contribution in [0.25, 0.3) is 0 Å². The van der Waals surface area contributed by atoms with Gasteiger partial charge in [-0.25, -0.2) is 8.78 Å². The third kappa shape index (κ3) is 6.67. The summed E-state index contributed by atoms with van der Waals surface area (Å²) in [5.74, 6) is -0.0178. The molecule has 1 fully saturated rings. The Balaban J connectivity index is 2.23. The highest BCUT2D eigenvalue weighted by Crippen LogP contribution is 2.12. The lowest BCUT2D eigenvalue weighted by atomic mass is 10.1. The molecule has 0 saturated carbocycles. The Labute approximate surface area is 125 Å². The van der Waals surface area contributed by atoms with E-state index in [1.54, 1.807) is 4.90 Å². The molecule has 1 unspecified atom stereocenters. The van der Waals surface area contributed by atoms with Crippen LogP contribution in [0, 0.1) is 0 Å². The number of piperazine rings is 1. The van der Waals surface area contributed by atoms with E-state index < -0.39 is 13.0 Å². The molecular formula is C14H27F2N3O2. The van der Waals surface area contributed by atoms with Crippen molar-refractivity contribution in [2.75, 3.05) is 45.9 Å². The second-order valence-corrected chi connectivity index (χ2v) is 5.27. The molecule has 5 nitrogen and oxygen atoms in total. The summed E-state index contributed by atoms with van der Waals surface area (Å²) in [6, 6.07) is 0.488. The number of nitrogens with two attached hydrogens (primary N) is 1. The summed E-state index contributed by atoms with van der Waals surface area (Å²) in [5.41, 5.74) is 5.62. The van der Waals surface area contributed by atoms with Gasteiger partial charge in [0.05, 0.1) is 13.0 Å². The number of halogens is 2. The van der Waals surface area contributed by atoms with E-state index in [4.69, 9.17) is 10.5 Å². The molecule has 21 heavy (non-hydrogen) atoms. The minimum atomic E-state index is -2.47. The van der Waals surface area contributed by atoms with Crippen LogP contribution >= 0.6 is 0 Å². The second-order valence-electron chi connectivity index (χ2n) is 5.27. The number of ether oxygens (including phenoxy) is 1. The summed E-state index contributed by atoms with van der Waals surface area (Å²) >= 11 is 0. The first-order valence-electron chi connectivity index (χ1n) is 7.66. The molecule has 0 radical (unpaired) electrons. The Bertz CT molecular complexity index is 298. The van der Waals surface area contributed by atoms with Gasteiger partial charge in [-0.2, -0.15) is 0 Å². The number of hydrogen-bond acceptors (Lipinski definition) is 4. The average molecular weight is 307 g/mol. The van der Waals surface area contributed by atoms with E-state index in [0.717, 1.165) is 25.9 Å². The molecule has 2 N–H and O–H groups in total. The molecule has 1 aliphatic heterocycles. The first-order chi connectivity index (χ1) is 10.1. The number of carbonyl (C=O) groups excluding carboxylic acids is 1. The van der Waals surface area contributed by atoms with Gasteiger partial charge >= 0.3 is 0 Å². The lowest BCUT2D eigenvalue weighted by Crippen LogP contribution is -2.52. The van der Waals surface area contributed by atoms with Crippen LogP contribution in [0.5, 0.6) is 0 Å². The molecule has 7 heteroatoms. The highest BCUT2D eigenvalue weighted by molar-refractivity contribution is 5.76. The Hall–Kier alpha value is -0.790. The molecule has 1 aliphatic rings. The van der Waals surface area contributed by atoms with Crippen molar-refractivity contribution in [2.24, 2.45) is 5.73 Å². The maximum absolute atomic E-state index is 11.9. The first kappa shape index (κ1) is 18.3. The third-order valence-corrected chi connectivity index (χ3v) is 3.86. The van der Waals surface area contributed by atoms with Gasteiger partial charge in [-0.1, -0.05) is 6.92 Å². The van der Waals surface area contributed by atoms with Crippen molar-refractivity contribution in [1.29, 1.82) is 0 Å². The second kappa shape index (κ2) is 10.0. The maximum atomic E-state index is 11.9. The fraction of sp³-hybridized carbons (Fsp3) is 0.929. The van der Waals surface area contributed by atoms with Crippen LogP contribution in [0.1, 0.15) is 26.2 Å². The van der Waals surface area contributed by atoms with Crippen molar-refractivity contribution in [2.45, 2.75) is 38.7 Å². The van der Waals surface area contributed by atoms with E-state index in [2.05, 4.69) is 11.8 Å². The minimum absolute atomic E-state index is 0.0178. The van der Waals surface area contributed by atoms with Gasteiger partial charge in [-0.05, 0) is 19.4 Å². The number of rotatable bonds is 9. The van der Waals surface area contributed by atoms with Gasteiger partial charge in [0.2, 0.25) is 5.91 Å². The van der Waals surface area contributed by atoms with Gasteiger partial charge in [-0.3, -0.25) is 9.69 Å². The van der Waals surface area contributed by atoms with Crippen LogP contribution < -0.4 is 5.73 Å². The zero-order chi connectivity index (χ0) is 15.7. The van der Waals surface area contributed by atoms with Crippen molar-refractivity contribution in [3.8, 4) is 0 Å². The van der Waals surface area contributed by atoms with Crippen LogP contribution in [0.2, 0.25) is 0 Å².